The van der Waals surface area contributed by atoms with Crippen molar-refractivity contribution >= 4 is 17.4 Å². The van der Waals surface area contributed by atoms with Gasteiger partial charge in [0, 0.05) is 23.4 Å². The van der Waals surface area contributed by atoms with Crippen molar-refractivity contribution < 1.29 is 9.66 Å². The zero-order chi connectivity index (χ0) is 16.4. The minimum atomic E-state index is -0.532. The van der Waals surface area contributed by atoms with Crippen LogP contribution in [0.25, 0.3) is 11.3 Å². The summed E-state index contributed by atoms with van der Waals surface area (Å²) < 4.78 is 5.10. The first-order chi connectivity index (χ1) is 11.1. The van der Waals surface area contributed by atoms with Crippen molar-refractivity contribution in [3.05, 3.63) is 50.3 Å². The molecule has 3 rings (SSSR count). The van der Waals surface area contributed by atoms with Crippen LogP contribution in [0.15, 0.2) is 34.2 Å². The third kappa shape index (κ3) is 3.39. The van der Waals surface area contributed by atoms with Gasteiger partial charge < -0.3 is 9.72 Å². The topological polar surface area (TPSA) is 125 Å². The number of nitrogens with one attached hydrogen (secondary N) is 1. The Bertz CT molecular complexity index is 853. The fourth-order valence-corrected chi connectivity index (χ4v) is 2.77. The zero-order valence-corrected chi connectivity index (χ0v) is 12.5. The minimum Gasteiger partial charge on any atom is -0.372 e. The number of nitrogens with zero attached hydrogens (tertiary/aromatic N) is 3. The Kier molecular flexibility index (Phi) is 4.10. The summed E-state index contributed by atoms with van der Waals surface area (Å²) >= 11 is 1.33. The first kappa shape index (κ1) is 15.2. The van der Waals surface area contributed by atoms with Crippen LogP contribution in [0.2, 0.25) is 0 Å². The van der Waals surface area contributed by atoms with E-state index in [-0.39, 0.29) is 23.0 Å². The normalized spacial score (nSPS) is 15.9. The fraction of sp³-hybridized carbons (Fsp3) is 0.214. The van der Waals surface area contributed by atoms with Gasteiger partial charge in [-0.25, -0.2) is 4.98 Å². The number of thioether (sulfide) groups is 1. The lowest BCUT2D eigenvalue weighted by Crippen LogP contribution is -2.15. The van der Waals surface area contributed by atoms with E-state index >= 15 is 0 Å². The maximum Gasteiger partial charge on any atom is 0.270 e. The van der Waals surface area contributed by atoms with Gasteiger partial charge in [-0.1, -0.05) is 11.8 Å². The highest BCUT2D eigenvalue weighted by molar-refractivity contribution is 7.99. The Morgan fingerprint density at radius 1 is 1.48 bits per heavy atom. The van der Waals surface area contributed by atoms with E-state index in [1.165, 1.54) is 36.0 Å². The van der Waals surface area contributed by atoms with E-state index in [0.717, 1.165) is 0 Å². The molecule has 0 saturated carbocycles. The van der Waals surface area contributed by atoms with E-state index in [9.17, 15) is 20.2 Å². The summed E-state index contributed by atoms with van der Waals surface area (Å²) in [7, 11) is 0. The molecule has 0 radical (unpaired) electrons. The van der Waals surface area contributed by atoms with Gasteiger partial charge in [-0.05, 0) is 12.1 Å². The molecule has 8 nitrogen and oxygen atoms in total. The van der Waals surface area contributed by atoms with Crippen molar-refractivity contribution in [2.45, 2.75) is 11.3 Å². The SMILES string of the molecule is N#Cc1c(-c2ccc([N+](=O)[O-])cc2)nc(SCC2CO2)[nH]c1=O. The first-order valence-electron chi connectivity index (χ1n) is 6.62. The number of nitriles is 1. The molecule has 1 N–H and O–H groups in total. The Morgan fingerprint density at radius 2 is 2.17 bits per heavy atom. The number of benzene rings is 1. The maximum atomic E-state index is 12.0. The van der Waals surface area contributed by atoms with Crippen LogP contribution in [0.4, 0.5) is 5.69 Å². The van der Waals surface area contributed by atoms with Crippen LogP contribution in [0, 0.1) is 21.4 Å². The number of epoxide rings is 1. The molecular weight excluding hydrogens is 320 g/mol. The molecule has 1 unspecified atom stereocenters. The molecule has 2 aromatic rings. The number of nitro benzene ring substituents is 1. The van der Waals surface area contributed by atoms with Gasteiger partial charge in [0.1, 0.15) is 11.6 Å². The standard InChI is InChI=1S/C14H10N4O4S/c15-5-11-12(8-1-3-9(4-2-8)18(20)21)16-14(17-13(11)19)23-7-10-6-22-10/h1-4,10H,6-7H2,(H,16,17,19). The second-order valence-electron chi connectivity index (χ2n) is 4.78. The van der Waals surface area contributed by atoms with Crippen molar-refractivity contribution in [3.8, 4) is 17.3 Å². The highest BCUT2D eigenvalue weighted by atomic mass is 32.2. The molecule has 2 heterocycles. The molecular formula is C14H10N4O4S. The average Bonchev–Trinajstić information content (AvgIpc) is 3.37. The molecule has 0 spiro atoms. The largest absolute Gasteiger partial charge is 0.372 e. The summed E-state index contributed by atoms with van der Waals surface area (Å²) in [5.74, 6) is 0.661. The summed E-state index contributed by atoms with van der Waals surface area (Å²) in [5.41, 5.74) is -0.0355. The van der Waals surface area contributed by atoms with E-state index in [1.807, 2.05) is 6.07 Å². The lowest BCUT2D eigenvalue weighted by molar-refractivity contribution is -0.384. The quantitative estimate of drug-likeness (QED) is 0.291. The summed E-state index contributed by atoms with van der Waals surface area (Å²) in [6, 6.07) is 7.39. The van der Waals surface area contributed by atoms with E-state index in [4.69, 9.17) is 4.74 Å². The monoisotopic (exact) mass is 330 g/mol. The number of hydrogen-bond donors (Lipinski definition) is 1. The molecule has 116 valence electrons. The van der Waals surface area contributed by atoms with Gasteiger partial charge >= 0.3 is 0 Å². The second-order valence-corrected chi connectivity index (χ2v) is 5.79. The molecule has 1 fully saturated rings. The van der Waals surface area contributed by atoms with E-state index in [1.54, 1.807) is 0 Å². The highest BCUT2D eigenvalue weighted by Gasteiger charge is 2.23. The summed E-state index contributed by atoms with van der Waals surface area (Å²) in [5, 5.41) is 20.3. The summed E-state index contributed by atoms with van der Waals surface area (Å²) in [4.78, 5) is 29.1. The smallest absolute Gasteiger partial charge is 0.270 e. The van der Waals surface area contributed by atoms with E-state index in [2.05, 4.69) is 9.97 Å². The lowest BCUT2D eigenvalue weighted by Gasteiger charge is -2.06. The highest BCUT2D eigenvalue weighted by Crippen LogP contribution is 2.25. The number of ether oxygens (including phenoxy) is 1. The Morgan fingerprint density at radius 3 is 2.74 bits per heavy atom. The van der Waals surface area contributed by atoms with Crippen LogP contribution in [-0.4, -0.2) is 33.4 Å². The Hall–Kier alpha value is -2.70. The number of rotatable bonds is 5. The Balaban J connectivity index is 1.99. The number of aromatic nitrogens is 2. The number of aromatic amines is 1. The van der Waals surface area contributed by atoms with Crippen LogP contribution >= 0.6 is 11.8 Å². The van der Waals surface area contributed by atoms with Gasteiger partial charge in [-0.2, -0.15) is 5.26 Å². The maximum absolute atomic E-state index is 12.0. The van der Waals surface area contributed by atoms with Crippen LogP contribution in [0.3, 0.4) is 0 Å². The molecule has 0 bridgehead atoms. The summed E-state index contributed by atoms with van der Waals surface area (Å²) in [6.07, 6.45) is 0.170. The first-order valence-corrected chi connectivity index (χ1v) is 7.60. The number of hydrogen-bond acceptors (Lipinski definition) is 7. The van der Waals surface area contributed by atoms with Crippen LogP contribution in [-0.2, 0) is 4.74 Å². The zero-order valence-electron chi connectivity index (χ0n) is 11.7. The van der Waals surface area contributed by atoms with Crippen molar-refractivity contribution in [2.75, 3.05) is 12.4 Å². The molecule has 1 saturated heterocycles. The Labute approximate surface area is 134 Å². The average molecular weight is 330 g/mol. The van der Waals surface area contributed by atoms with Crippen molar-refractivity contribution in [1.82, 2.24) is 9.97 Å². The van der Waals surface area contributed by atoms with Gasteiger partial charge in [-0.3, -0.25) is 14.9 Å². The van der Waals surface area contributed by atoms with Crippen LogP contribution in [0.1, 0.15) is 5.56 Å². The van der Waals surface area contributed by atoms with Crippen molar-refractivity contribution in [1.29, 1.82) is 5.26 Å². The van der Waals surface area contributed by atoms with Crippen LogP contribution < -0.4 is 5.56 Å². The number of H-pyrrole nitrogens is 1. The van der Waals surface area contributed by atoms with Crippen LogP contribution in [0.5, 0.6) is 0 Å². The molecule has 1 aliphatic heterocycles. The van der Waals surface area contributed by atoms with E-state index < -0.39 is 10.5 Å². The molecule has 9 heteroatoms. The molecule has 1 aliphatic rings. The third-order valence-electron chi connectivity index (χ3n) is 3.17. The molecule has 1 aromatic carbocycles. The molecule has 0 amide bonds. The van der Waals surface area contributed by atoms with Crippen molar-refractivity contribution in [3.63, 3.8) is 0 Å². The van der Waals surface area contributed by atoms with E-state index in [0.29, 0.717) is 23.1 Å². The minimum absolute atomic E-state index is 0.0717. The van der Waals surface area contributed by atoms with Gasteiger partial charge in [-0.15, -0.1) is 0 Å². The molecule has 1 atom stereocenters. The lowest BCUT2D eigenvalue weighted by atomic mass is 10.1. The predicted octanol–water partition coefficient (Wildman–Crippen LogP) is 1.71. The number of nitro groups is 1. The summed E-state index contributed by atoms with van der Waals surface area (Å²) in [6.45, 7) is 0.697. The van der Waals surface area contributed by atoms with Gasteiger partial charge in [0.2, 0.25) is 0 Å². The molecule has 23 heavy (non-hydrogen) atoms. The second kappa shape index (κ2) is 6.20. The van der Waals surface area contributed by atoms with Gasteiger partial charge in [0.25, 0.3) is 11.2 Å². The number of non-ortho nitro benzene ring substituents is 1. The molecule has 1 aromatic heterocycles. The molecule has 0 aliphatic carbocycles. The van der Waals surface area contributed by atoms with Gasteiger partial charge in [0.15, 0.2) is 5.16 Å². The fourth-order valence-electron chi connectivity index (χ4n) is 1.91. The predicted molar refractivity (Wildman–Crippen MR) is 82.1 cm³/mol. The van der Waals surface area contributed by atoms with Crippen molar-refractivity contribution in [2.24, 2.45) is 0 Å². The van der Waals surface area contributed by atoms with Gasteiger partial charge in [0.05, 0.1) is 23.3 Å². The third-order valence-corrected chi connectivity index (χ3v) is 4.17.